The molecule has 0 spiro atoms. The highest BCUT2D eigenvalue weighted by Gasteiger charge is 2.34. The van der Waals surface area contributed by atoms with Crippen molar-refractivity contribution >= 4 is 40.7 Å². The molecule has 2 fully saturated rings. The van der Waals surface area contributed by atoms with Gasteiger partial charge in [0.15, 0.2) is 5.11 Å². The molecule has 9 heteroatoms. The van der Waals surface area contributed by atoms with E-state index in [1.165, 1.54) is 18.6 Å². The fourth-order valence-electron chi connectivity index (χ4n) is 5.00. The van der Waals surface area contributed by atoms with Crippen molar-refractivity contribution in [3.63, 3.8) is 0 Å². The van der Waals surface area contributed by atoms with Gasteiger partial charge in [0.2, 0.25) is 5.95 Å². The number of halogens is 2. The Morgan fingerprint density at radius 2 is 1.85 bits per heavy atom. The van der Waals surface area contributed by atoms with Gasteiger partial charge in [0, 0.05) is 44.3 Å². The third-order valence-electron chi connectivity index (χ3n) is 6.59. The number of anilines is 2. The summed E-state index contributed by atoms with van der Waals surface area (Å²) in [5.41, 5.74) is 0.898. The smallest absolute Gasteiger partial charge is 0.232 e. The quantitative estimate of drug-likeness (QED) is 0.460. The van der Waals surface area contributed by atoms with Crippen molar-refractivity contribution in [2.45, 2.75) is 38.5 Å². The van der Waals surface area contributed by atoms with Crippen LogP contribution in [-0.4, -0.2) is 47.9 Å². The van der Waals surface area contributed by atoms with Gasteiger partial charge in [0.1, 0.15) is 16.8 Å². The van der Waals surface area contributed by atoms with E-state index in [0.29, 0.717) is 47.8 Å². The lowest BCUT2D eigenvalue weighted by molar-refractivity contribution is 0.0515. The Hall–Kier alpha value is -2.03. The Bertz CT molecular complexity index is 960. The molecule has 178 valence electrons. The van der Waals surface area contributed by atoms with E-state index in [2.05, 4.69) is 39.3 Å². The molecule has 2 saturated heterocycles. The maximum atomic E-state index is 13.5. The maximum Gasteiger partial charge on any atom is 0.232 e. The second-order valence-corrected chi connectivity index (χ2v) is 10.2. The molecule has 0 radical (unpaired) electrons. The van der Waals surface area contributed by atoms with E-state index in [4.69, 9.17) is 28.6 Å². The second-order valence-electron chi connectivity index (χ2n) is 9.43. The van der Waals surface area contributed by atoms with Crippen LogP contribution in [0.4, 0.5) is 16.2 Å². The van der Waals surface area contributed by atoms with Crippen LogP contribution in [-0.2, 0) is 10.2 Å². The van der Waals surface area contributed by atoms with Gasteiger partial charge in [-0.05, 0) is 61.0 Å². The molecule has 2 N–H and O–H groups in total. The molecule has 1 aromatic carbocycles. The molecule has 0 unspecified atom stereocenters. The zero-order chi connectivity index (χ0) is 23.4. The largest absolute Gasteiger partial charge is 0.381 e. The normalized spacial score (nSPS) is 22.6. The predicted molar refractivity (Wildman–Crippen MR) is 135 cm³/mol. The number of piperidine rings is 1. The van der Waals surface area contributed by atoms with Crippen molar-refractivity contribution in [3.05, 3.63) is 46.9 Å². The van der Waals surface area contributed by atoms with Gasteiger partial charge in [0.05, 0.1) is 0 Å². The van der Waals surface area contributed by atoms with Crippen LogP contribution in [0.5, 0.6) is 0 Å². The van der Waals surface area contributed by atoms with E-state index in [9.17, 15) is 4.39 Å². The molecule has 6 nitrogen and oxygen atoms in total. The van der Waals surface area contributed by atoms with Crippen LogP contribution >= 0.6 is 23.8 Å². The van der Waals surface area contributed by atoms with E-state index < -0.39 is 0 Å². The number of nitrogens with zero attached hydrogens (tertiary/aromatic N) is 3. The molecule has 1 aromatic heterocycles. The summed E-state index contributed by atoms with van der Waals surface area (Å²) in [6.45, 7) is 8.33. The second kappa shape index (κ2) is 10.5. The van der Waals surface area contributed by atoms with E-state index in [1.54, 1.807) is 6.07 Å². The Morgan fingerprint density at radius 3 is 2.52 bits per heavy atom. The number of hydrogen-bond acceptors (Lipinski definition) is 5. The van der Waals surface area contributed by atoms with Gasteiger partial charge in [-0.3, -0.25) is 0 Å². The van der Waals surface area contributed by atoms with Crippen LogP contribution in [0.25, 0.3) is 0 Å². The fourth-order valence-corrected chi connectivity index (χ4v) is 5.34. The topological polar surface area (TPSA) is 62.3 Å². The lowest BCUT2D eigenvalue weighted by Gasteiger charge is -2.38. The molecular formula is C24H31ClFN5OS. The van der Waals surface area contributed by atoms with E-state index in [0.717, 1.165) is 37.3 Å². The van der Waals surface area contributed by atoms with Crippen LogP contribution < -0.4 is 15.5 Å². The van der Waals surface area contributed by atoms with Crippen LogP contribution in [0.3, 0.4) is 0 Å². The minimum absolute atomic E-state index is 0.182. The summed E-state index contributed by atoms with van der Waals surface area (Å²) in [6, 6.07) is 8.52. The van der Waals surface area contributed by atoms with Crippen molar-refractivity contribution in [1.82, 2.24) is 15.3 Å². The number of ether oxygens (including phenoxy) is 1. The van der Waals surface area contributed by atoms with Gasteiger partial charge in [-0.15, -0.1) is 0 Å². The number of aromatic nitrogens is 2. The zero-order valence-corrected chi connectivity index (χ0v) is 20.7. The molecule has 0 aliphatic carbocycles. The van der Waals surface area contributed by atoms with Gasteiger partial charge in [-0.25, -0.2) is 9.37 Å². The monoisotopic (exact) mass is 491 g/mol. The van der Waals surface area contributed by atoms with Crippen molar-refractivity contribution in [2.75, 3.05) is 43.1 Å². The van der Waals surface area contributed by atoms with Gasteiger partial charge in [0.25, 0.3) is 0 Å². The lowest BCUT2D eigenvalue weighted by atomic mass is 9.74. The first kappa shape index (κ1) is 24.1. The number of thiocarbonyl (C=S) groups is 1. The van der Waals surface area contributed by atoms with Crippen LogP contribution in [0, 0.1) is 17.7 Å². The molecule has 2 atom stereocenters. The van der Waals surface area contributed by atoms with Crippen LogP contribution in [0.1, 0.15) is 38.7 Å². The highest BCUT2D eigenvalue weighted by Crippen LogP contribution is 2.34. The molecule has 0 bridgehead atoms. The molecule has 3 heterocycles. The first-order valence-corrected chi connectivity index (χ1v) is 12.3. The van der Waals surface area contributed by atoms with E-state index in [1.807, 2.05) is 12.1 Å². The number of benzene rings is 1. The number of nitrogens with one attached hydrogen (secondary N) is 2. The fraction of sp³-hybridized carbons (Fsp3) is 0.542. The van der Waals surface area contributed by atoms with Crippen molar-refractivity contribution < 1.29 is 9.13 Å². The van der Waals surface area contributed by atoms with E-state index in [-0.39, 0.29) is 11.2 Å². The first-order valence-electron chi connectivity index (χ1n) is 11.5. The summed E-state index contributed by atoms with van der Waals surface area (Å²) < 4.78 is 19.1. The molecule has 33 heavy (non-hydrogen) atoms. The van der Waals surface area contributed by atoms with Crippen LogP contribution in [0.15, 0.2) is 30.3 Å². The number of hydrogen-bond donors (Lipinski definition) is 2. The lowest BCUT2D eigenvalue weighted by Crippen LogP contribution is -2.45. The minimum Gasteiger partial charge on any atom is -0.381 e. The summed E-state index contributed by atoms with van der Waals surface area (Å²) >= 11 is 11.9. The average molecular weight is 492 g/mol. The first-order chi connectivity index (χ1) is 15.8. The molecule has 2 aliphatic rings. The molecule has 2 aliphatic heterocycles. The minimum atomic E-state index is -0.238. The Morgan fingerprint density at radius 1 is 1.18 bits per heavy atom. The Balaban J connectivity index is 1.43. The van der Waals surface area contributed by atoms with Gasteiger partial charge in [-0.2, -0.15) is 4.98 Å². The molecule has 2 aromatic rings. The van der Waals surface area contributed by atoms with Crippen molar-refractivity contribution in [1.29, 1.82) is 0 Å². The summed E-state index contributed by atoms with van der Waals surface area (Å²) in [4.78, 5) is 11.3. The molecular weight excluding hydrogens is 461 g/mol. The highest BCUT2D eigenvalue weighted by atomic mass is 35.5. The zero-order valence-electron chi connectivity index (χ0n) is 19.1. The molecule has 4 rings (SSSR count). The third-order valence-corrected chi connectivity index (χ3v) is 7.03. The highest BCUT2D eigenvalue weighted by molar-refractivity contribution is 7.80. The van der Waals surface area contributed by atoms with Gasteiger partial charge < -0.3 is 20.3 Å². The summed E-state index contributed by atoms with van der Waals surface area (Å²) in [5.74, 6) is 2.15. The summed E-state index contributed by atoms with van der Waals surface area (Å²) in [6.07, 6.45) is 2.88. The molecule has 0 amide bonds. The third kappa shape index (κ3) is 6.11. The summed E-state index contributed by atoms with van der Waals surface area (Å²) in [7, 11) is 0. The Labute approximate surface area is 205 Å². The van der Waals surface area contributed by atoms with Crippen LogP contribution in [0.2, 0.25) is 5.15 Å². The summed E-state index contributed by atoms with van der Waals surface area (Å²) in [5, 5.41) is 7.23. The number of rotatable bonds is 5. The van der Waals surface area contributed by atoms with Gasteiger partial charge >= 0.3 is 0 Å². The maximum absolute atomic E-state index is 13.5. The standard InChI is InChI=1S/C24H31ClFN5OS/c1-16-11-17(2)14-31(13-16)21-12-20(25)28-22(29-21)30-23(33)27-15-24(7-9-32-10-8-24)18-3-5-19(26)6-4-18/h3-6,12,16-17H,7-11,13-15H2,1-2H3,(H2,27,28,29,30,33)/t16-,17-/m0/s1. The Kier molecular flexibility index (Phi) is 7.66. The van der Waals surface area contributed by atoms with Crippen molar-refractivity contribution in [2.24, 2.45) is 11.8 Å². The van der Waals surface area contributed by atoms with E-state index >= 15 is 0 Å². The molecule has 0 saturated carbocycles. The predicted octanol–water partition coefficient (Wildman–Crippen LogP) is 4.79. The SMILES string of the molecule is C[C@H]1C[C@H](C)CN(c2cc(Cl)nc(NC(=S)NCC3(c4ccc(F)cc4)CCOCC3)n2)C1. The van der Waals surface area contributed by atoms with Gasteiger partial charge in [-0.1, -0.05) is 37.6 Å². The van der Waals surface area contributed by atoms with Crippen molar-refractivity contribution in [3.8, 4) is 0 Å². The average Bonchev–Trinajstić information content (AvgIpc) is 2.78.